The number of nitrogens with zero attached hydrogens (tertiary/aromatic N) is 1. The number of benzene rings is 1. The van der Waals surface area contributed by atoms with Crippen molar-refractivity contribution in [3.8, 4) is 0 Å². The van der Waals surface area contributed by atoms with Crippen molar-refractivity contribution in [3.63, 3.8) is 0 Å². The minimum atomic E-state index is -5.29. The topological polar surface area (TPSA) is 69.6 Å². The minimum Gasteiger partial charge on any atom is -0.360 e. The summed E-state index contributed by atoms with van der Waals surface area (Å²) in [4.78, 5) is 25.3. The first-order valence-electron chi connectivity index (χ1n) is 7.40. The summed E-state index contributed by atoms with van der Waals surface area (Å²) < 4.78 is 41.5. The number of amides is 2. The van der Waals surface area contributed by atoms with Crippen LogP contribution in [0.4, 0.5) is 18.0 Å². The molecule has 26 heavy (non-hydrogen) atoms. The van der Waals surface area contributed by atoms with Gasteiger partial charge in [-0.05, 0) is 11.4 Å². The number of thiophene rings is 1. The molecule has 1 aromatic carbocycles. The van der Waals surface area contributed by atoms with Crippen LogP contribution in [0.1, 0.15) is 15.2 Å². The molecular weight excluding hydrogens is 369 g/mol. The third-order valence-electron chi connectivity index (χ3n) is 4.05. The maximum atomic E-state index is 13.8. The zero-order chi connectivity index (χ0) is 19.1. The van der Waals surface area contributed by atoms with Gasteiger partial charge in [-0.1, -0.05) is 36.4 Å². The molecule has 0 fully saturated rings. The lowest BCUT2D eigenvalue weighted by Crippen LogP contribution is -2.66. The third-order valence-corrected chi connectivity index (χ3v) is 4.93. The summed E-state index contributed by atoms with van der Waals surface area (Å²) in [5.74, 6) is -1.03. The van der Waals surface area contributed by atoms with Gasteiger partial charge in [0, 0.05) is 12.6 Å². The van der Waals surface area contributed by atoms with Gasteiger partial charge < -0.3 is 10.4 Å². The van der Waals surface area contributed by atoms with E-state index in [0.717, 1.165) is 18.4 Å². The van der Waals surface area contributed by atoms with E-state index in [9.17, 15) is 27.9 Å². The Kier molecular flexibility index (Phi) is 4.37. The van der Waals surface area contributed by atoms with Gasteiger partial charge in [0.2, 0.25) is 0 Å². The van der Waals surface area contributed by atoms with Crippen molar-refractivity contribution < 1.29 is 27.9 Å². The molecule has 5 nitrogen and oxygen atoms in total. The first-order valence-corrected chi connectivity index (χ1v) is 8.28. The molecule has 9 heteroatoms. The lowest BCUT2D eigenvalue weighted by molar-refractivity contribution is -0.282. The second-order valence-electron chi connectivity index (χ2n) is 5.58. The highest BCUT2D eigenvalue weighted by Gasteiger charge is 2.65. The van der Waals surface area contributed by atoms with Crippen molar-refractivity contribution in [2.24, 2.45) is 0 Å². The average Bonchev–Trinajstić information content (AvgIpc) is 3.13. The number of Topliss-reactive ketones (excluding diaryl/α,β-unsaturated/α-hetero) is 1. The average molecular weight is 382 g/mol. The zero-order valence-corrected chi connectivity index (χ0v) is 14.2. The first kappa shape index (κ1) is 18.2. The van der Waals surface area contributed by atoms with Gasteiger partial charge in [0.15, 0.2) is 5.78 Å². The Bertz CT molecular complexity index is 878. The number of hydrogen-bond acceptors (Lipinski definition) is 4. The van der Waals surface area contributed by atoms with E-state index < -0.39 is 29.3 Å². The van der Waals surface area contributed by atoms with Crippen LogP contribution in [0.15, 0.2) is 53.4 Å². The number of halogens is 3. The SMILES string of the molecule is CN1C(=O)NC(c2cccs2)=C(C(=O)c2ccccc2)C1(O)C(F)(F)F. The van der Waals surface area contributed by atoms with Crippen molar-refractivity contribution in [1.29, 1.82) is 0 Å². The molecule has 0 saturated heterocycles. The van der Waals surface area contributed by atoms with Gasteiger partial charge in [0.25, 0.3) is 5.72 Å². The predicted molar refractivity (Wildman–Crippen MR) is 89.3 cm³/mol. The second-order valence-corrected chi connectivity index (χ2v) is 6.53. The summed E-state index contributed by atoms with van der Waals surface area (Å²) in [7, 11) is 0.784. The first-order chi connectivity index (χ1) is 12.2. The number of ketones is 1. The van der Waals surface area contributed by atoms with Crippen LogP contribution in [-0.4, -0.2) is 40.8 Å². The smallest absolute Gasteiger partial charge is 0.360 e. The number of likely N-dealkylation sites (N-methyl/N-ethyl adjacent to an activating group) is 1. The second kappa shape index (κ2) is 6.26. The van der Waals surface area contributed by atoms with Crippen LogP contribution in [0, 0.1) is 0 Å². The number of nitrogens with one attached hydrogen (secondary N) is 1. The molecule has 2 amide bonds. The van der Waals surface area contributed by atoms with Crippen LogP contribution in [-0.2, 0) is 0 Å². The maximum Gasteiger partial charge on any atom is 0.441 e. The number of carbonyl (C=O) groups excluding carboxylic acids is 2. The number of alkyl halides is 3. The monoisotopic (exact) mass is 382 g/mol. The van der Waals surface area contributed by atoms with Crippen LogP contribution >= 0.6 is 11.3 Å². The van der Waals surface area contributed by atoms with Gasteiger partial charge >= 0.3 is 12.2 Å². The number of aliphatic hydroxyl groups is 1. The van der Waals surface area contributed by atoms with Crippen LogP contribution in [0.5, 0.6) is 0 Å². The Balaban J connectivity index is 2.33. The molecule has 0 bridgehead atoms. The van der Waals surface area contributed by atoms with E-state index in [0.29, 0.717) is 0 Å². The Hall–Kier alpha value is -2.65. The van der Waals surface area contributed by atoms with Gasteiger partial charge in [-0.15, -0.1) is 11.3 Å². The Morgan fingerprint density at radius 1 is 1.19 bits per heavy atom. The highest BCUT2D eigenvalue weighted by molar-refractivity contribution is 7.11. The molecule has 1 aliphatic rings. The highest BCUT2D eigenvalue weighted by atomic mass is 32.1. The zero-order valence-electron chi connectivity index (χ0n) is 13.4. The normalized spacial score (nSPS) is 21.0. The molecule has 0 spiro atoms. The molecule has 1 aliphatic heterocycles. The number of hydrogen-bond donors (Lipinski definition) is 2. The van der Waals surface area contributed by atoms with Gasteiger partial charge in [-0.2, -0.15) is 13.2 Å². The molecule has 0 aliphatic carbocycles. The molecular formula is C17H13F3N2O3S. The summed E-state index contributed by atoms with van der Waals surface area (Å²) in [5.41, 5.74) is -5.09. The van der Waals surface area contributed by atoms with Crippen molar-refractivity contribution in [3.05, 3.63) is 63.9 Å². The van der Waals surface area contributed by atoms with Crippen LogP contribution in [0.2, 0.25) is 0 Å². The predicted octanol–water partition coefficient (Wildman–Crippen LogP) is 3.25. The van der Waals surface area contributed by atoms with Crippen molar-refractivity contribution >= 4 is 28.8 Å². The van der Waals surface area contributed by atoms with Crippen LogP contribution < -0.4 is 5.32 Å². The van der Waals surface area contributed by atoms with Crippen LogP contribution in [0.3, 0.4) is 0 Å². The van der Waals surface area contributed by atoms with E-state index in [2.05, 4.69) is 5.32 Å². The van der Waals surface area contributed by atoms with Gasteiger partial charge in [0.05, 0.1) is 16.1 Å². The largest absolute Gasteiger partial charge is 0.441 e. The van der Waals surface area contributed by atoms with Crippen molar-refractivity contribution in [2.75, 3.05) is 7.05 Å². The third kappa shape index (κ3) is 2.69. The molecule has 1 unspecified atom stereocenters. The van der Waals surface area contributed by atoms with Crippen molar-refractivity contribution in [1.82, 2.24) is 10.2 Å². The molecule has 2 N–H and O–H groups in total. The standard InChI is InChI=1S/C17H13F3N2O3S/c1-22-15(24)21-13(11-8-5-9-26-11)12(16(22,25)17(18,19)20)14(23)10-6-3-2-4-7-10/h2-9,25H,1H3,(H,21,24). The minimum absolute atomic E-state index is 0.0382. The van der Waals surface area contributed by atoms with Gasteiger partial charge in [-0.25, -0.2) is 4.79 Å². The fraction of sp³-hybridized carbons (Fsp3) is 0.176. The van der Waals surface area contributed by atoms with E-state index in [-0.39, 0.29) is 21.0 Å². The Labute approximate surface area is 150 Å². The molecule has 2 aromatic rings. The van der Waals surface area contributed by atoms with Gasteiger partial charge in [-0.3, -0.25) is 9.69 Å². The molecule has 2 heterocycles. The van der Waals surface area contributed by atoms with E-state index >= 15 is 0 Å². The summed E-state index contributed by atoms with van der Waals surface area (Å²) in [5, 5.41) is 14.5. The van der Waals surface area contributed by atoms with Gasteiger partial charge in [0.1, 0.15) is 0 Å². The summed E-state index contributed by atoms with van der Waals surface area (Å²) in [6.07, 6.45) is -5.29. The quantitative estimate of drug-likeness (QED) is 0.801. The lowest BCUT2D eigenvalue weighted by Gasteiger charge is -2.43. The Morgan fingerprint density at radius 3 is 2.38 bits per heavy atom. The summed E-state index contributed by atoms with van der Waals surface area (Å²) in [6, 6.07) is 9.14. The molecule has 1 atom stereocenters. The molecule has 0 saturated carbocycles. The fourth-order valence-corrected chi connectivity index (χ4v) is 3.42. The number of rotatable bonds is 3. The number of carbonyl (C=O) groups is 2. The molecule has 136 valence electrons. The number of urea groups is 1. The van der Waals surface area contributed by atoms with Crippen molar-refractivity contribution in [2.45, 2.75) is 11.9 Å². The van der Waals surface area contributed by atoms with E-state index in [1.807, 2.05) is 0 Å². The maximum absolute atomic E-state index is 13.8. The highest BCUT2D eigenvalue weighted by Crippen LogP contribution is 2.44. The van der Waals surface area contributed by atoms with E-state index in [1.165, 1.54) is 30.3 Å². The summed E-state index contributed by atoms with van der Waals surface area (Å²) in [6.45, 7) is 0. The molecule has 0 radical (unpaired) electrons. The lowest BCUT2D eigenvalue weighted by atomic mass is 9.88. The van der Waals surface area contributed by atoms with Crippen LogP contribution in [0.25, 0.3) is 5.70 Å². The molecule has 1 aromatic heterocycles. The molecule has 3 rings (SSSR count). The van der Waals surface area contributed by atoms with E-state index in [1.54, 1.807) is 17.5 Å². The van der Waals surface area contributed by atoms with E-state index in [4.69, 9.17) is 0 Å². The Morgan fingerprint density at radius 2 is 1.85 bits per heavy atom. The fourth-order valence-electron chi connectivity index (χ4n) is 2.69. The summed E-state index contributed by atoms with van der Waals surface area (Å²) >= 11 is 1.04.